The summed E-state index contributed by atoms with van der Waals surface area (Å²) in [4.78, 5) is 12.3. The third-order valence-electron chi connectivity index (χ3n) is 3.53. The molecule has 0 unspecified atom stereocenters. The Morgan fingerprint density at radius 2 is 1.62 bits per heavy atom. The molecular weight excluding hydrogens is 461 g/mol. The fourth-order valence-electron chi connectivity index (χ4n) is 2.29. The van der Waals surface area contributed by atoms with Gasteiger partial charge in [0.05, 0.1) is 21.4 Å². The van der Waals surface area contributed by atoms with Crippen LogP contribution in [0.5, 0.6) is 0 Å². The minimum Gasteiger partial charge on any atom is -0.295 e. The molecule has 2 N–H and O–H groups in total. The number of halogens is 7. The fraction of sp³-hybridized carbons (Fsp3) is 0.0625. The number of nitrogens with one attached hydrogen (secondary N) is 2. The molecule has 152 valence electrons. The van der Waals surface area contributed by atoms with Crippen LogP contribution in [0.3, 0.4) is 0 Å². The highest BCUT2D eigenvalue weighted by Crippen LogP contribution is 2.34. The topological polar surface area (TPSA) is 71.8 Å². The van der Waals surface area contributed by atoms with E-state index in [1.54, 1.807) is 0 Å². The first-order valence-corrected chi connectivity index (χ1v) is 8.71. The highest BCUT2D eigenvalue weighted by atomic mass is 35.5. The lowest BCUT2D eigenvalue weighted by Gasteiger charge is -2.13. The van der Waals surface area contributed by atoms with Gasteiger partial charge in [-0.15, -0.1) is 5.10 Å². The van der Waals surface area contributed by atoms with Gasteiger partial charge in [-0.25, -0.2) is 9.07 Å². The van der Waals surface area contributed by atoms with E-state index in [1.165, 1.54) is 12.1 Å². The van der Waals surface area contributed by atoms with Crippen molar-refractivity contribution in [2.75, 3.05) is 5.43 Å². The first-order chi connectivity index (χ1) is 13.6. The number of hydrogen-bond donors (Lipinski definition) is 2. The summed E-state index contributed by atoms with van der Waals surface area (Å²) >= 11 is 17.6. The maximum atomic E-state index is 13.6. The Hall–Kier alpha value is -2.56. The van der Waals surface area contributed by atoms with Gasteiger partial charge in [-0.3, -0.25) is 15.6 Å². The number of aromatic nitrogens is 3. The van der Waals surface area contributed by atoms with Gasteiger partial charge in [0, 0.05) is 5.02 Å². The molecule has 0 saturated carbocycles. The zero-order valence-electron chi connectivity index (χ0n) is 13.9. The molecule has 0 aliphatic heterocycles. The summed E-state index contributed by atoms with van der Waals surface area (Å²) < 4.78 is 54.2. The molecule has 2 aromatic carbocycles. The SMILES string of the molecule is O=C(NNc1c(Cl)cc(Cl)cc1Cl)c1nnn(-c2ccc(F)cc2)c1C(F)(F)F. The normalized spacial score (nSPS) is 11.4. The van der Waals surface area contributed by atoms with E-state index in [0.29, 0.717) is 4.68 Å². The number of alkyl halides is 3. The van der Waals surface area contributed by atoms with Gasteiger partial charge in [0.2, 0.25) is 0 Å². The molecule has 0 bridgehead atoms. The molecule has 13 heteroatoms. The van der Waals surface area contributed by atoms with Crippen LogP contribution in [-0.4, -0.2) is 20.9 Å². The van der Waals surface area contributed by atoms with E-state index in [-0.39, 0.29) is 26.4 Å². The zero-order chi connectivity index (χ0) is 21.3. The van der Waals surface area contributed by atoms with Gasteiger partial charge in [0.1, 0.15) is 5.82 Å². The third kappa shape index (κ3) is 4.55. The van der Waals surface area contributed by atoms with Crippen LogP contribution in [0.2, 0.25) is 15.1 Å². The Bertz CT molecular complexity index is 1050. The second kappa shape index (κ2) is 8.05. The largest absolute Gasteiger partial charge is 0.435 e. The number of benzene rings is 2. The van der Waals surface area contributed by atoms with E-state index in [0.717, 1.165) is 24.3 Å². The fourth-order valence-corrected chi connectivity index (χ4v) is 3.20. The molecule has 0 atom stereocenters. The number of amides is 1. The highest BCUT2D eigenvalue weighted by Gasteiger charge is 2.42. The van der Waals surface area contributed by atoms with Crippen LogP contribution in [-0.2, 0) is 6.18 Å². The van der Waals surface area contributed by atoms with E-state index in [1.807, 2.05) is 5.43 Å². The van der Waals surface area contributed by atoms with Crippen molar-refractivity contribution < 1.29 is 22.4 Å². The van der Waals surface area contributed by atoms with Gasteiger partial charge >= 0.3 is 6.18 Å². The summed E-state index contributed by atoms with van der Waals surface area (Å²) in [5.74, 6) is -1.91. The molecule has 0 aliphatic carbocycles. The predicted octanol–water partition coefficient (Wildman–Crippen LogP) is 5.14. The quantitative estimate of drug-likeness (QED) is 0.411. The summed E-state index contributed by atoms with van der Waals surface area (Å²) in [6.07, 6.45) is -4.99. The Kier molecular flexibility index (Phi) is 5.87. The van der Waals surface area contributed by atoms with Crippen LogP contribution in [0.25, 0.3) is 5.69 Å². The van der Waals surface area contributed by atoms with Gasteiger partial charge in [0.25, 0.3) is 5.91 Å². The number of hydrazine groups is 1. The minimum absolute atomic E-state index is 0.0190. The standard InChI is InChI=1S/C16H8Cl3F4N5O/c17-7-5-10(18)12(11(19)6-7)24-26-15(29)13-14(16(21,22)23)28(27-25-13)9-3-1-8(20)2-4-9/h1-6,24H,(H,26,29). The van der Waals surface area contributed by atoms with Crippen LogP contribution >= 0.6 is 34.8 Å². The molecule has 3 aromatic rings. The lowest BCUT2D eigenvalue weighted by atomic mass is 10.2. The molecule has 0 spiro atoms. The Balaban J connectivity index is 1.92. The number of carbonyl (C=O) groups excluding carboxylic acids is 1. The van der Waals surface area contributed by atoms with E-state index < -0.39 is 29.3 Å². The molecule has 1 amide bonds. The highest BCUT2D eigenvalue weighted by molar-refractivity contribution is 6.41. The lowest BCUT2D eigenvalue weighted by molar-refractivity contribution is -0.143. The molecule has 1 aromatic heterocycles. The summed E-state index contributed by atoms with van der Waals surface area (Å²) in [5, 5.41) is 6.95. The Morgan fingerprint density at radius 3 is 2.17 bits per heavy atom. The summed E-state index contributed by atoms with van der Waals surface area (Å²) in [6, 6.07) is 6.65. The minimum atomic E-state index is -4.99. The Labute approximate surface area is 175 Å². The average molecular weight is 469 g/mol. The van der Waals surface area contributed by atoms with Crippen molar-refractivity contribution in [2.24, 2.45) is 0 Å². The van der Waals surface area contributed by atoms with Crippen LogP contribution in [0.1, 0.15) is 16.2 Å². The zero-order valence-corrected chi connectivity index (χ0v) is 16.1. The number of carbonyl (C=O) groups is 1. The molecule has 0 radical (unpaired) electrons. The van der Waals surface area contributed by atoms with Crippen LogP contribution in [0.4, 0.5) is 23.2 Å². The van der Waals surface area contributed by atoms with Crippen molar-refractivity contribution in [1.29, 1.82) is 0 Å². The van der Waals surface area contributed by atoms with Gasteiger partial charge in [-0.2, -0.15) is 13.2 Å². The smallest absolute Gasteiger partial charge is 0.295 e. The molecule has 0 saturated heterocycles. The van der Waals surface area contributed by atoms with Crippen molar-refractivity contribution in [3.8, 4) is 5.69 Å². The first kappa shape index (κ1) is 21.2. The molecule has 0 fully saturated rings. The molecular formula is C16H8Cl3F4N5O. The monoisotopic (exact) mass is 467 g/mol. The van der Waals surface area contributed by atoms with E-state index in [9.17, 15) is 22.4 Å². The predicted molar refractivity (Wildman–Crippen MR) is 98.9 cm³/mol. The summed E-state index contributed by atoms with van der Waals surface area (Å²) in [7, 11) is 0. The first-order valence-electron chi connectivity index (χ1n) is 7.57. The molecule has 3 rings (SSSR count). The second-order valence-electron chi connectivity index (χ2n) is 5.50. The molecule has 1 heterocycles. The van der Waals surface area contributed by atoms with E-state index in [4.69, 9.17) is 34.8 Å². The van der Waals surface area contributed by atoms with Gasteiger partial charge in [-0.1, -0.05) is 40.0 Å². The molecule has 29 heavy (non-hydrogen) atoms. The van der Waals surface area contributed by atoms with Crippen molar-refractivity contribution in [1.82, 2.24) is 20.4 Å². The van der Waals surface area contributed by atoms with Crippen LogP contribution < -0.4 is 10.9 Å². The van der Waals surface area contributed by atoms with Crippen LogP contribution in [0, 0.1) is 5.82 Å². The summed E-state index contributed by atoms with van der Waals surface area (Å²) in [5.41, 5.74) is 1.77. The Morgan fingerprint density at radius 1 is 1.03 bits per heavy atom. The van der Waals surface area contributed by atoms with E-state index in [2.05, 4.69) is 15.7 Å². The maximum Gasteiger partial charge on any atom is 0.435 e. The molecule has 6 nitrogen and oxygen atoms in total. The van der Waals surface area contributed by atoms with Crippen molar-refractivity contribution >= 4 is 46.4 Å². The van der Waals surface area contributed by atoms with Crippen LogP contribution in [0.15, 0.2) is 36.4 Å². The van der Waals surface area contributed by atoms with Crippen molar-refractivity contribution in [3.63, 3.8) is 0 Å². The average Bonchev–Trinajstić information content (AvgIpc) is 3.07. The second-order valence-corrected chi connectivity index (χ2v) is 6.75. The number of anilines is 1. The number of hydrogen-bond acceptors (Lipinski definition) is 4. The van der Waals surface area contributed by atoms with Gasteiger partial charge < -0.3 is 0 Å². The third-order valence-corrected chi connectivity index (χ3v) is 4.35. The number of rotatable bonds is 4. The van der Waals surface area contributed by atoms with Gasteiger partial charge in [0.15, 0.2) is 11.4 Å². The number of nitrogens with zero attached hydrogens (tertiary/aromatic N) is 3. The maximum absolute atomic E-state index is 13.6. The van der Waals surface area contributed by atoms with Crippen molar-refractivity contribution in [2.45, 2.75) is 6.18 Å². The lowest BCUT2D eigenvalue weighted by Crippen LogP contribution is -2.32. The summed E-state index contributed by atoms with van der Waals surface area (Å²) in [6.45, 7) is 0. The molecule has 0 aliphatic rings. The van der Waals surface area contributed by atoms with Gasteiger partial charge in [-0.05, 0) is 36.4 Å². The van der Waals surface area contributed by atoms with Crippen molar-refractivity contribution in [3.05, 3.63) is 68.7 Å². The van der Waals surface area contributed by atoms with E-state index >= 15 is 0 Å².